The van der Waals surface area contributed by atoms with E-state index < -0.39 is 27.0 Å². The summed E-state index contributed by atoms with van der Waals surface area (Å²) < 4.78 is 69.9. The first-order valence-corrected chi connectivity index (χ1v) is 11.3. The Labute approximate surface area is 184 Å². The molecule has 1 saturated heterocycles. The standard InChI is InChI=1S/C20H24F3N3O5S/c1-19(2,3)30-18(27)26-8-4-7-25(9-10-26)15-11-14-12-16(5-6-17(14)24-13-15)31-32(28,29)20(21,22)23/h5-6,11-13H,4,7-10H2,1-3H3. The first kappa shape index (κ1) is 23.9. The molecule has 0 aliphatic carbocycles. The summed E-state index contributed by atoms with van der Waals surface area (Å²) in [6, 6.07) is 5.38. The third-order valence-electron chi connectivity index (χ3n) is 4.64. The van der Waals surface area contributed by atoms with Crippen LogP contribution in [-0.2, 0) is 14.9 Å². The number of carbonyl (C=O) groups is 1. The van der Waals surface area contributed by atoms with Gasteiger partial charge in [0, 0.05) is 31.6 Å². The molecule has 8 nitrogen and oxygen atoms in total. The van der Waals surface area contributed by atoms with Crippen LogP contribution in [0.1, 0.15) is 27.2 Å². The summed E-state index contributed by atoms with van der Waals surface area (Å²) in [6.07, 6.45) is 1.92. The number of alkyl halides is 3. The van der Waals surface area contributed by atoms with Gasteiger partial charge < -0.3 is 18.7 Å². The van der Waals surface area contributed by atoms with Crippen LogP contribution in [0.25, 0.3) is 10.9 Å². The van der Waals surface area contributed by atoms with Crippen LogP contribution in [0.3, 0.4) is 0 Å². The van der Waals surface area contributed by atoms with E-state index in [0.717, 1.165) is 6.07 Å². The summed E-state index contributed by atoms with van der Waals surface area (Å²) in [6.45, 7) is 7.49. The SMILES string of the molecule is CC(C)(C)OC(=O)N1CCCN(c2cnc3ccc(OS(=O)(=O)C(F)(F)F)cc3c2)CC1. The van der Waals surface area contributed by atoms with E-state index >= 15 is 0 Å². The van der Waals surface area contributed by atoms with E-state index in [2.05, 4.69) is 9.17 Å². The minimum atomic E-state index is -5.76. The Morgan fingerprint density at radius 2 is 1.78 bits per heavy atom. The van der Waals surface area contributed by atoms with Gasteiger partial charge in [-0.15, -0.1) is 0 Å². The van der Waals surface area contributed by atoms with Crippen molar-refractivity contribution in [3.05, 3.63) is 30.5 Å². The molecule has 1 aromatic heterocycles. The molecule has 1 aliphatic heterocycles. The van der Waals surface area contributed by atoms with Crippen molar-refractivity contribution < 1.29 is 35.3 Å². The van der Waals surface area contributed by atoms with Crippen molar-refractivity contribution in [1.82, 2.24) is 9.88 Å². The zero-order chi connectivity index (χ0) is 23.7. The number of benzene rings is 1. The number of carbonyl (C=O) groups excluding carboxylic acids is 1. The lowest BCUT2D eigenvalue weighted by Gasteiger charge is -2.27. The fraction of sp³-hybridized carbons (Fsp3) is 0.500. The molecule has 3 rings (SSSR count). The zero-order valence-electron chi connectivity index (χ0n) is 17.8. The number of ether oxygens (including phenoxy) is 1. The van der Waals surface area contributed by atoms with Gasteiger partial charge in [0.25, 0.3) is 0 Å². The molecule has 1 amide bonds. The number of aromatic nitrogens is 1. The number of amides is 1. The summed E-state index contributed by atoms with van der Waals surface area (Å²) in [4.78, 5) is 20.3. The van der Waals surface area contributed by atoms with Crippen molar-refractivity contribution in [2.24, 2.45) is 0 Å². The monoisotopic (exact) mass is 475 g/mol. The van der Waals surface area contributed by atoms with Gasteiger partial charge in [0.05, 0.1) is 17.4 Å². The molecule has 1 aromatic carbocycles. The average molecular weight is 475 g/mol. The van der Waals surface area contributed by atoms with Crippen LogP contribution in [-0.4, -0.2) is 61.7 Å². The van der Waals surface area contributed by atoms with Gasteiger partial charge >= 0.3 is 21.7 Å². The second-order valence-corrected chi connectivity index (χ2v) is 9.88. The van der Waals surface area contributed by atoms with E-state index in [0.29, 0.717) is 49.2 Å². The number of hydrogen-bond acceptors (Lipinski definition) is 7. The average Bonchev–Trinajstić information content (AvgIpc) is 2.91. The van der Waals surface area contributed by atoms with Crippen molar-refractivity contribution in [2.75, 3.05) is 31.1 Å². The number of nitrogens with zero attached hydrogens (tertiary/aromatic N) is 3. The molecule has 2 heterocycles. The Morgan fingerprint density at radius 1 is 1.06 bits per heavy atom. The number of hydrogen-bond donors (Lipinski definition) is 0. The zero-order valence-corrected chi connectivity index (χ0v) is 18.7. The van der Waals surface area contributed by atoms with E-state index in [4.69, 9.17) is 4.74 Å². The smallest absolute Gasteiger partial charge is 0.444 e. The van der Waals surface area contributed by atoms with E-state index in [1.54, 1.807) is 37.9 Å². The number of rotatable bonds is 3. The highest BCUT2D eigenvalue weighted by molar-refractivity contribution is 7.88. The van der Waals surface area contributed by atoms with Gasteiger partial charge in [0.15, 0.2) is 0 Å². The Bertz CT molecular complexity index is 1100. The molecule has 0 bridgehead atoms. The van der Waals surface area contributed by atoms with Crippen molar-refractivity contribution in [3.8, 4) is 5.75 Å². The Balaban J connectivity index is 1.77. The summed E-state index contributed by atoms with van der Waals surface area (Å²) in [7, 11) is -5.76. The van der Waals surface area contributed by atoms with Gasteiger partial charge in [-0.25, -0.2) is 4.79 Å². The van der Waals surface area contributed by atoms with Gasteiger partial charge in [0.1, 0.15) is 11.4 Å². The topological polar surface area (TPSA) is 89.0 Å². The maximum atomic E-state index is 12.6. The van der Waals surface area contributed by atoms with Gasteiger partial charge in [-0.05, 0) is 51.5 Å². The molecule has 0 saturated carbocycles. The van der Waals surface area contributed by atoms with E-state index in [9.17, 15) is 26.4 Å². The van der Waals surface area contributed by atoms with Gasteiger partial charge in [-0.2, -0.15) is 21.6 Å². The number of halogens is 3. The van der Waals surface area contributed by atoms with E-state index in [1.165, 1.54) is 12.1 Å². The molecular formula is C20H24F3N3O5S. The first-order valence-electron chi connectivity index (χ1n) is 9.89. The summed E-state index contributed by atoms with van der Waals surface area (Å²) >= 11 is 0. The maximum Gasteiger partial charge on any atom is 0.534 e. The molecular weight excluding hydrogens is 451 g/mol. The van der Waals surface area contributed by atoms with Crippen LogP contribution < -0.4 is 9.08 Å². The lowest BCUT2D eigenvalue weighted by atomic mass is 10.2. The van der Waals surface area contributed by atoms with Crippen LogP contribution in [0.15, 0.2) is 30.5 Å². The summed E-state index contributed by atoms with van der Waals surface area (Å²) in [5.41, 5.74) is -4.95. The van der Waals surface area contributed by atoms with Gasteiger partial charge in [-0.3, -0.25) is 4.98 Å². The highest BCUT2D eigenvalue weighted by Crippen LogP contribution is 2.30. The Morgan fingerprint density at radius 3 is 2.44 bits per heavy atom. The molecule has 0 radical (unpaired) electrons. The molecule has 12 heteroatoms. The van der Waals surface area contributed by atoms with Gasteiger partial charge in [0.2, 0.25) is 0 Å². The lowest BCUT2D eigenvalue weighted by molar-refractivity contribution is -0.0500. The Kier molecular flexibility index (Phi) is 6.45. The lowest BCUT2D eigenvalue weighted by Crippen LogP contribution is -2.39. The number of anilines is 1. The number of fused-ring (bicyclic) bond motifs is 1. The predicted octanol–water partition coefficient (Wildman–Crippen LogP) is 3.91. The highest BCUT2D eigenvalue weighted by atomic mass is 32.2. The van der Waals surface area contributed by atoms with Crippen LogP contribution >= 0.6 is 0 Å². The third kappa shape index (κ3) is 5.72. The van der Waals surface area contributed by atoms with Crippen molar-refractivity contribution in [1.29, 1.82) is 0 Å². The molecule has 2 aromatic rings. The molecule has 1 fully saturated rings. The molecule has 0 atom stereocenters. The minimum Gasteiger partial charge on any atom is -0.444 e. The van der Waals surface area contributed by atoms with Gasteiger partial charge in [-0.1, -0.05) is 0 Å². The van der Waals surface area contributed by atoms with Crippen LogP contribution in [0.5, 0.6) is 5.75 Å². The van der Waals surface area contributed by atoms with Crippen LogP contribution in [0.2, 0.25) is 0 Å². The summed E-state index contributed by atoms with van der Waals surface area (Å²) in [5.74, 6) is -0.458. The number of pyridine rings is 1. The maximum absolute atomic E-state index is 12.6. The van der Waals surface area contributed by atoms with Crippen molar-refractivity contribution in [2.45, 2.75) is 38.3 Å². The fourth-order valence-corrected chi connectivity index (χ4v) is 3.63. The van der Waals surface area contributed by atoms with E-state index in [1.807, 2.05) is 4.90 Å². The molecule has 0 N–H and O–H groups in total. The highest BCUT2D eigenvalue weighted by Gasteiger charge is 2.48. The molecule has 0 unspecified atom stereocenters. The fourth-order valence-electron chi connectivity index (χ4n) is 3.18. The largest absolute Gasteiger partial charge is 0.534 e. The quantitative estimate of drug-likeness (QED) is 0.491. The molecule has 0 spiro atoms. The Hall–Kier alpha value is -2.76. The first-order chi connectivity index (χ1) is 14.7. The second-order valence-electron chi connectivity index (χ2n) is 8.34. The normalized spacial score (nSPS) is 16.1. The van der Waals surface area contributed by atoms with Crippen molar-refractivity contribution in [3.63, 3.8) is 0 Å². The molecule has 32 heavy (non-hydrogen) atoms. The third-order valence-corrected chi connectivity index (χ3v) is 5.62. The molecule has 1 aliphatic rings. The summed E-state index contributed by atoms with van der Waals surface area (Å²) in [5, 5.41) is 0.422. The second kappa shape index (κ2) is 8.64. The predicted molar refractivity (Wildman–Crippen MR) is 112 cm³/mol. The molecule has 176 valence electrons. The van der Waals surface area contributed by atoms with E-state index in [-0.39, 0.29) is 6.09 Å². The van der Waals surface area contributed by atoms with Crippen LogP contribution in [0.4, 0.5) is 23.7 Å². The van der Waals surface area contributed by atoms with Crippen LogP contribution in [0, 0.1) is 0 Å². The van der Waals surface area contributed by atoms with Crippen molar-refractivity contribution >= 4 is 32.8 Å². The minimum absolute atomic E-state index is 0.386.